The minimum atomic E-state index is -1.65. The van der Waals surface area contributed by atoms with Gasteiger partial charge < -0.3 is 47.7 Å². The van der Waals surface area contributed by atoms with Crippen LogP contribution in [0.5, 0.6) is 11.5 Å². The third-order valence-corrected chi connectivity index (χ3v) is 7.49. The van der Waals surface area contributed by atoms with Crippen LogP contribution in [0.4, 0.5) is 0 Å². The first-order valence-corrected chi connectivity index (χ1v) is 14.7. The lowest BCUT2D eigenvalue weighted by molar-refractivity contribution is -0.143. The largest absolute Gasteiger partial charge is 0.508 e. The highest BCUT2D eigenvalue weighted by Crippen LogP contribution is 2.20. The molecule has 0 spiro atoms. The van der Waals surface area contributed by atoms with E-state index in [2.05, 4.69) is 20.9 Å². The number of aromatic nitrogens is 1. The van der Waals surface area contributed by atoms with Crippen molar-refractivity contribution in [2.24, 2.45) is 11.5 Å². The summed E-state index contributed by atoms with van der Waals surface area (Å²) in [6.45, 7) is 0. The molecule has 1 heterocycles. The first-order chi connectivity index (χ1) is 22.4. The molecule has 4 rings (SSSR count). The number of phenols is 2. The fourth-order valence-corrected chi connectivity index (χ4v) is 5.01. The van der Waals surface area contributed by atoms with Gasteiger partial charge in [-0.05, 0) is 53.4 Å². The Balaban J connectivity index is 1.60. The molecule has 47 heavy (non-hydrogen) atoms. The summed E-state index contributed by atoms with van der Waals surface area (Å²) in [5, 5.41) is 37.2. The van der Waals surface area contributed by atoms with Crippen LogP contribution in [0.25, 0.3) is 10.9 Å². The average molecular weight is 645 g/mol. The lowest BCUT2D eigenvalue weighted by Gasteiger charge is -2.25. The predicted octanol–water partition coefficient (Wildman–Crippen LogP) is 0.349. The molecule has 4 amide bonds. The molecule has 0 bridgehead atoms. The highest BCUT2D eigenvalue weighted by molar-refractivity contribution is 5.95. The van der Waals surface area contributed by atoms with Crippen LogP contribution >= 0.6 is 0 Å². The van der Waals surface area contributed by atoms with E-state index in [1.807, 2.05) is 18.2 Å². The van der Waals surface area contributed by atoms with E-state index in [9.17, 15) is 39.3 Å². The zero-order valence-electron chi connectivity index (χ0n) is 25.2. The van der Waals surface area contributed by atoms with Gasteiger partial charge in [0.1, 0.15) is 29.6 Å². The van der Waals surface area contributed by atoms with Gasteiger partial charge >= 0.3 is 5.97 Å². The lowest BCUT2D eigenvalue weighted by Crippen LogP contribution is -2.58. The van der Waals surface area contributed by atoms with E-state index in [0.29, 0.717) is 16.7 Å². The normalized spacial score (nSPS) is 13.6. The second-order valence-electron chi connectivity index (χ2n) is 11.1. The van der Waals surface area contributed by atoms with Crippen LogP contribution < -0.4 is 27.4 Å². The molecule has 0 radical (unpaired) electrons. The number of rotatable bonds is 15. The van der Waals surface area contributed by atoms with E-state index in [1.165, 1.54) is 24.3 Å². The van der Waals surface area contributed by atoms with Gasteiger partial charge in [-0.1, -0.05) is 42.5 Å². The molecule has 246 valence electrons. The minimum absolute atomic E-state index is 0.00545. The van der Waals surface area contributed by atoms with Crippen molar-refractivity contribution in [2.45, 2.75) is 49.9 Å². The van der Waals surface area contributed by atoms with Gasteiger partial charge in [0.15, 0.2) is 0 Å². The monoisotopic (exact) mass is 644 g/mol. The quantitative estimate of drug-likeness (QED) is 0.0864. The number of nitrogens with one attached hydrogen (secondary N) is 4. The number of carbonyl (C=O) groups excluding carboxylic acids is 4. The number of aromatic amines is 1. The molecule has 4 unspecified atom stereocenters. The van der Waals surface area contributed by atoms with Crippen LogP contribution in [0, 0.1) is 0 Å². The molecule has 11 N–H and O–H groups in total. The Bertz CT molecular complexity index is 1740. The Hall–Kier alpha value is -5.89. The SMILES string of the molecule is NC(=O)CC(NC(=O)C(Cc1c[nH]c2ccccc12)NC(=O)C(Cc1ccc(O)cc1)NC(=O)C(N)Cc1ccc(O)cc1)C(=O)O. The van der Waals surface area contributed by atoms with Gasteiger partial charge in [0, 0.05) is 29.9 Å². The predicted molar refractivity (Wildman–Crippen MR) is 171 cm³/mol. The summed E-state index contributed by atoms with van der Waals surface area (Å²) in [7, 11) is 0. The van der Waals surface area contributed by atoms with E-state index in [4.69, 9.17) is 11.5 Å². The summed E-state index contributed by atoms with van der Waals surface area (Å²) in [4.78, 5) is 66.9. The van der Waals surface area contributed by atoms with Gasteiger partial charge in [0.05, 0.1) is 12.5 Å². The topological polar surface area (TPSA) is 250 Å². The van der Waals surface area contributed by atoms with Gasteiger partial charge in [-0.3, -0.25) is 19.2 Å². The fraction of sp³-hybridized carbons (Fsp3) is 0.242. The number of aliphatic carboxylic acids is 1. The lowest BCUT2D eigenvalue weighted by atomic mass is 10.0. The van der Waals surface area contributed by atoms with Crippen LogP contribution in [-0.2, 0) is 43.2 Å². The zero-order valence-corrected chi connectivity index (χ0v) is 25.2. The second kappa shape index (κ2) is 15.4. The number of benzene rings is 3. The summed E-state index contributed by atoms with van der Waals surface area (Å²) in [6, 6.07) is 14.0. The van der Waals surface area contributed by atoms with Crippen molar-refractivity contribution in [2.75, 3.05) is 0 Å². The molecule has 4 aromatic rings. The summed E-state index contributed by atoms with van der Waals surface area (Å²) < 4.78 is 0. The van der Waals surface area contributed by atoms with Gasteiger partial charge in [-0.2, -0.15) is 0 Å². The van der Waals surface area contributed by atoms with E-state index < -0.39 is 60.2 Å². The molecule has 1 aromatic heterocycles. The molecule has 0 fully saturated rings. The highest BCUT2D eigenvalue weighted by atomic mass is 16.4. The minimum Gasteiger partial charge on any atom is -0.508 e. The number of carbonyl (C=O) groups is 5. The van der Waals surface area contributed by atoms with Crippen molar-refractivity contribution < 1.29 is 39.3 Å². The van der Waals surface area contributed by atoms with Gasteiger partial charge in [-0.25, -0.2) is 4.79 Å². The number of phenolic OH excluding ortho intramolecular Hbond substituents is 2. The third-order valence-electron chi connectivity index (χ3n) is 7.49. The summed E-state index contributed by atoms with van der Waals surface area (Å²) >= 11 is 0. The number of para-hydroxylation sites is 1. The third kappa shape index (κ3) is 9.55. The van der Waals surface area contributed by atoms with Crippen molar-refractivity contribution in [1.82, 2.24) is 20.9 Å². The number of nitrogens with two attached hydrogens (primary N) is 2. The maximum absolute atomic E-state index is 13.9. The van der Waals surface area contributed by atoms with Gasteiger partial charge in [0.25, 0.3) is 0 Å². The maximum atomic E-state index is 13.9. The van der Waals surface area contributed by atoms with Crippen molar-refractivity contribution in [1.29, 1.82) is 0 Å². The Morgan fingerprint density at radius 1 is 0.681 bits per heavy atom. The molecule has 4 atom stereocenters. The van der Waals surface area contributed by atoms with Crippen molar-refractivity contribution in [3.05, 3.63) is 95.7 Å². The van der Waals surface area contributed by atoms with Crippen molar-refractivity contribution in [3.63, 3.8) is 0 Å². The molecule has 0 aliphatic rings. The summed E-state index contributed by atoms with van der Waals surface area (Å²) in [5.74, 6) is -4.73. The van der Waals surface area contributed by atoms with Gasteiger partial charge in [-0.15, -0.1) is 0 Å². The zero-order chi connectivity index (χ0) is 34.1. The summed E-state index contributed by atoms with van der Waals surface area (Å²) in [6.07, 6.45) is 0.956. The maximum Gasteiger partial charge on any atom is 0.326 e. The van der Waals surface area contributed by atoms with E-state index in [-0.39, 0.29) is 30.8 Å². The second-order valence-corrected chi connectivity index (χ2v) is 11.1. The van der Waals surface area contributed by atoms with E-state index >= 15 is 0 Å². The number of carboxylic acids is 1. The Morgan fingerprint density at radius 2 is 1.19 bits per heavy atom. The van der Waals surface area contributed by atoms with E-state index in [1.54, 1.807) is 36.5 Å². The standard InChI is InChI=1S/C33H36N6O8/c34-24(13-18-5-9-21(40)10-6-18)30(43)37-26(14-19-7-11-22(41)12-8-19)31(44)38-27(32(45)39-28(33(46)47)16-29(35)42)15-20-17-36-25-4-2-1-3-23(20)25/h1-12,17,24,26-28,36,40-41H,13-16,34H2,(H2,35,42)(H,37,43)(H,38,44)(H,39,45)(H,46,47). The molecule has 14 nitrogen and oxygen atoms in total. The van der Waals surface area contributed by atoms with Crippen LogP contribution in [0.3, 0.4) is 0 Å². The Labute approximate surface area is 269 Å². The molecule has 0 aliphatic heterocycles. The number of primary amides is 1. The summed E-state index contributed by atoms with van der Waals surface area (Å²) in [5.41, 5.74) is 14.0. The van der Waals surface area contributed by atoms with Crippen LogP contribution in [-0.4, -0.2) is 74.1 Å². The highest BCUT2D eigenvalue weighted by Gasteiger charge is 2.32. The number of carboxylic acid groups (broad SMARTS) is 1. The molecule has 0 saturated carbocycles. The Morgan fingerprint density at radius 3 is 1.77 bits per heavy atom. The van der Waals surface area contributed by atoms with Crippen molar-refractivity contribution >= 4 is 40.5 Å². The molecule has 0 aliphatic carbocycles. The number of hydrogen-bond donors (Lipinski definition) is 9. The van der Waals surface area contributed by atoms with Crippen LogP contribution in [0.1, 0.15) is 23.1 Å². The molecule has 3 aromatic carbocycles. The smallest absolute Gasteiger partial charge is 0.326 e. The first-order valence-electron chi connectivity index (χ1n) is 14.7. The number of H-pyrrole nitrogens is 1. The van der Waals surface area contributed by atoms with E-state index in [0.717, 1.165) is 10.9 Å². The number of amides is 4. The number of hydrogen-bond acceptors (Lipinski definition) is 8. The first kappa shape index (κ1) is 34.0. The van der Waals surface area contributed by atoms with Crippen molar-refractivity contribution in [3.8, 4) is 11.5 Å². The molecule has 0 saturated heterocycles. The molecular weight excluding hydrogens is 608 g/mol. The average Bonchev–Trinajstić information content (AvgIpc) is 3.44. The number of aromatic hydroxyl groups is 2. The van der Waals surface area contributed by atoms with Gasteiger partial charge in [0.2, 0.25) is 23.6 Å². The Kier molecular flexibility index (Phi) is 11.1. The molecular formula is C33H36N6O8. The van der Waals surface area contributed by atoms with Crippen LogP contribution in [0.15, 0.2) is 79.0 Å². The molecule has 14 heteroatoms. The number of fused-ring (bicyclic) bond motifs is 1. The fourth-order valence-electron chi connectivity index (χ4n) is 5.01. The van der Waals surface area contributed by atoms with Crippen LogP contribution in [0.2, 0.25) is 0 Å².